The smallest absolute Gasteiger partial charge is 0.119 e. The lowest BCUT2D eigenvalue weighted by atomic mass is 10.00. The van der Waals surface area contributed by atoms with E-state index in [-0.39, 0.29) is 0 Å². The fourth-order valence-corrected chi connectivity index (χ4v) is 5.78. The average molecular weight is 308 g/mol. The van der Waals surface area contributed by atoms with Gasteiger partial charge in [-0.2, -0.15) is 0 Å². The molecule has 3 heterocycles. The Hall–Kier alpha value is -1.61. The highest BCUT2D eigenvalue weighted by Gasteiger charge is 2.84. The van der Waals surface area contributed by atoms with Crippen LogP contribution in [0, 0.1) is 18.8 Å². The highest BCUT2D eigenvalue weighted by atomic mass is 16.5. The van der Waals surface area contributed by atoms with Crippen molar-refractivity contribution in [1.82, 2.24) is 9.88 Å². The molecule has 1 aliphatic carbocycles. The first kappa shape index (κ1) is 13.8. The molecule has 0 bridgehead atoms. The molecule has 3 fully saturated rings. The molecule has 5 rings (SSSR count). The molecular formula is C20H24N2O. The van der Waals surface area contributed by atoms with Crippen LogP contribution < -0.4 is 4.74 Å². The Morgan fingerprint density at radius 3 is 2.96 bits per heavy atom. The minimum atomic E-state index is 0.594. The number of ether oxygens (including phenoxy) is 1. The Balaban J connectivity index is 1.52. The van der Waals surface area contributed by atoms with Crippen LogP contribution in [-0.4, -0.2) is 35.1 Å². The number of hydrogen-bond acceptors (Lipinski definition) is 3. The van der Waals surface area contributed by atoms with Gasteiger partial charge in [-0.25, -0.2) is 0 Å². The van der Waals surface area contributed by atoms with E-state index in [1.54, 1.807) is 7.11 Å². The molecule has 5 unspecified atom stereocenters. The van der Waals surface area contributed by atoms with Crippen LogP contribution >= 0.6 is 0 Å². The average Bonchev–Trinajstić information content (AvgIpc) is 3.35. The second-order valence-corrected chi connectivity index (χ2v) is 7.52. The lowest BCUT2D eigenvalue weighted by Gasteiger charge is -2.10. The van der Waals surface area contributed by atoms with Crippen molar-refractivity contribution < 1.29 is 4.74 Å². The Bertz CT molecular complexity index is 796. The number of hydrogen-bond donors (Lipinski definition) is 0. The van der Waals surface area contributed by atoms with E-state index in [1.165, 1.54) is 36.8 Å². The fraction of sp³-hybridized carbons (Fsp3) is 0.550. The van der Waals surface area contributed by atoms with Crippen molar-refractivity contribution in [2.24, 2.45) is 11.8 Å². The van der Waals surface area contributed by atoms with Gasteiger partial charge in [-0.05, 0) is 68.0 Å². The Morgan fingerprint density at radius 1 is 1.35 bits per heavy atom. The number of rotatable bonds is 4. The summed E-state index contributed by atoms with van der Waals surface area (Å²) in [5.41, 5.74) is 4.26. The Labute approximate surface area is 137 Å². The van der Waals surface area contributed by atoms with Crippen molar-refractivity contribution in [3.05, 3.63) is 35.5 Å². The van der Waals surface area contributed by atoms with Crippen LogP contribution in [-0.2, 0) is 6.42 Å². The second-order valence-electron chi connectivity index (χ2n) is 7.52. The van der Waals surface area contributed by atoms with E-state index in [4.69, 9.17) is 9.72 Å². The molecule has 2 saturated heterocycles. The molecule has 2 aliphatic heterocycles. The molecule has 3 heteroatoms. The zero-order valence-corrected chi connectivity index (χ0v) is 14.2. The van der Waals surface area contributed by atoms with E-state index in [2.05, 4.69) is 36.9 Å². The SMILES string of the molecule is CCC1C2CCN3C(Cc4cc(C)nc5ccc(OC)cc45)C123. The normalized spacial score (nSPS) is 36.7. The molecule has 0 amide bonds. The van der Waals surface area contributed by atoms with E-state index in [0.29, 0.717) is 5.54 Å². The number of benzene rings is 1. The van der Waals surface area contributed by atoms with Gasteiger partial charge in [0.05, 0.1) is 12.6 Å². The highest BCUT2D eigenvalue weighted by Crippen LogP contribution is 2.75. The van der Waals surface area contributed by atoms with Crippen LogP contribution in [0.25, 0.3) is 10.9 Å². The summed E-state index contributed by atoms with van der Waals surface area (Å²) in [5, 5.41) is 1.27. The lowest BCUT2D eigenvalue weighted by Crippen LogP contribution is -2.08. The number of methoxy groups -OCH3 is 1. The molecule has 5 atom stereocenters. The van der Waals surface area contributed by atoms with Gasteiger partial charge in [-0.1, -0.05) is 13.3 Å². The summed E-state index contributed by atoms with van der Waals surface area (Å²) in [7, 11) is 1.74. The first-order chi connectivity index (χ1) is 11.2. The molecule has 3 nitrogen and oxygen atoms in total. The third-order valence-corrected chi connectivity index (χ3v) is 6.67. The predicted molar refractivity (Wildman–Crippen MR) is 91.8 cm³/mol. The molecular weight excluding hydrogens is 284 g/mol. The van der Waals surface area contributed by atoms with Gasteiger partial charge in [0.15, 0.2) is 0 Å². The number of pyridine rings is 1. The van der Waals surface area contributed by atoms with E-state index in [0.717, 1.165) is 34.8 Å². The van der Waals surface area contributed by atoms with Gasteiger partial charge < -0.3 is 4.74 Å². The largest absolute Gasteiger partial charge is 0.497 e. The molecule has 23 heavy (non-hydrogen) atoms. The predicted octanol–water partition coefficient (Wildman–Crippen LogP) is 3.58. The maximum absolute atomic E-state index is 5.43. The summed E-state index contributed by atoms with van der Waals surface area (Å²) in [4.78, 5) is 7.49. The first-order valence-electron chi connectivity index (χ1n) is 8.91. The van der Waals surface area contributed by atoms with Gasteiger partial charge in [0.1, 0.15) is 5.75 Å². The summed E-state index contributed by atoms with van der Waals surface area (Å²) < 4.78 is 5.43. The van der Waals surface area contributed by atoms with Crippen LogP contribution in [0.5, 0.6) is 5.75 Å². The van der Waals surface area contributed by atoms with Crippen LogP contribution in [0.1, 0.15) is 31.0 Å². The lowest BCUT2D eigenvalue weighted by molar-refractivity contribution is 0.415. The zero-order chi connectivity index (χ0) is 15.8. The summed E-state index contributed by atoms with van der Waals surface area (Å²) >= 11 is 0. The van der Waals surface area contributed by atoms with Crippen LogP contribution in [0.4, 0.5) is 0 Å². The number of nitrogens with zero attached hydrogens (tertiary/aromatic N) is 2. The van der Waals surface area contributed by atoms with Crippen molar-refractivity contribution in [3.8, 4) is 5.75 Å². The summed E-state index contributed by atoms with van der Waals surface area (Å²) in [6.07, 6.45) is 3.95. The van der Waals surface area contributed by atoms with Crippen molar-refractivity contribution in [2.75, 3.05) is 13.7 Å². The minimum absolute atomic E-state index is 0.594. The molecule has 3 aliphatic rings. The van der Waals surface area contributed by atoms with Crippen molar-refractivity contribution in [1.29, 1.82) is 0 Å². The summed E-state index contributed by atoms with van der Waals surface area (Å²) in [6, 6.07) is 9.31. The summed E-state index contributed by atoms with van der Waals surface area (Å²) in [5.74, 6) is 2.88. The third kappa shape index (κ3) is 1.66. The third-order valence-electron chi connectivity index (χ3n) is 6.67. The topological polar surface area (TPSA) is 25.1 Å². The highest BCUT2D eigenvalue weighted by molar-refractivity contribution is 5.84. The van der Waals surface area contributed by atoms with Crippen molar-refractivity contribution in [3.63, 3.8) is 0 Å². The minimum Gasteiger partial charge on any atom is -0.497 e. The second kappa shape index (κ2) is 4.47. The molecule has 1 spiro atoms. The number of aromatic nitrogens is 1. The standard InChI is InChI=1S/C20H24N2O/c1-4-16-17-7-8-22-19(20(16,17)22)10-13-9-12(2)21-18-6-5-14(23-3)11-15(13)18/h5-6,9,11,16-17,19H,4,7-8,10H2,1-3H3. The molecule has 120 valence electrons. The van der Waals surface area contributed by atoms with Crippen LogP contribution in [0.15, 0.2) is 24.3 Å². The van der Waals surface area contributed by atoms with Crippen LogP contribution in [0.3, 0.4) is 0 Å². The maximum atomic E-state index is 5.43. The molecule has 1 aromatic heterocycles. The summed E-state index contributed by atoms with van der Waals surface area (Å²) in [6.45, 7) is 5.79. The van der Waals surface area contributed by atoms with Gasteiger partial charge in [0, 0.05) is 22.7 Å². The van der Waals surface area contributed by atoms with Gasteiger partial charge in [0.2, 0.25) is 0 Å². The Kier molecular flexibility index (Phi) is 2.68. The molecule has 1 saturated carbocycles. The molecule has 0 radical (unpaired) electrons. The van der Waals surface area contributed by atoms with E-state index in [9.17, 15) is 0 Å². The van der Waals surface area contributed by atoms with Gasteiger partial charge in [-0.15, -0.1) is 0 Å². The Morgan fingerprint density at radius 2 is 2.22 bits per heavy atom. The fourth-order valence-electron chi connectivity index (χ4n) is 5.78. The van der Waals surface area contributed by atoms with Gasteiger partial charge in [-0.3, -0.25) is 9.88 Å². The molecule has 0 N–H and O–H groups in total. The van der Waals surface area contributed by atoms with E-state index >= 15 is 0 Å². The zero-order valence-electron chi connectivity index (χ0n) is 14.2. The maximum Gasteiger partial charge on any atom is 0.119 e. The number of fused-ring (bicyclic) bond motifs is 1. The number of piperidine rings is 2. The molecule has 1 aromatic carbocycles. The van der Waals surface area contributed by atoms with Gasteiger partial charge in [0.25, 0.3) is 0 Å². The van der Waals surface area contributed by atoms with Gasteiger partial charge >= 0.3 is 0 Å². The van der Waals surface area contributed by atoms with E-state index in [1.807, 2.05) is 6.07 Å². The van der Waals surface area contributed by atoms with Crippen molar-refractivity contribution >= 4 is 10.9 Å². The first-order valence-corrected chi connectivity index (χ1v) is 8.91. The number of aryl methyl sites for hydroxylation is 1. The van der Waals surface area contributed by atoms with E-state index < -0.39 is 0 Å². The van der Waals surface area contributed by atoms with Crippen LogP contribution in [0.2, 0.25) is 0 Å². The quantitative estimate of drug-likeness (QED) is 0.807. The monoisotopic (exact) mass is 308 g/mol. The van der Waals surface area contributed by atoms with Crippen molar-refractivity contribution in [2.45, 2.75) is 44.7 Å². The molecule has 2 aromatic rings.